The van der Waals surface area contributed by atoms with Gasteiger partial charge in [-0.25, -0.2) is 14.4 Å². The number of ether oxygens (including phenoxy) is 4. The van der Waals surface area contributed by atoms with Crippen molar-refractivity contribution in [2.24, 2.45) is 0 Å². The number of allylic oxidation sites excluding steroid dienone is 1. The fraction of sp³-hybridized carbons (Fsp3) is 0.296. The Kier molecular flexibility index (Phi) is 8.30. The van der Waals surface area contributed by atoms with Gasteiger partial charge in [0, 0.05) is 45.0 Å². The van der Waals surface area contributed by atoms with E-state index in [0.717, 1.165) is 16.3 Å². The number of carboxylic acid groups (broad SMARTS) is 1. The van der Waals surface area contributed by atoms with Crippen molar-refractivity contribution in [3.63, 3.8) is 0 Å². The first-order chi connectivity index (χ1) is 16.7. The molecule has 0 spiro atoms. The Labute approximate surface area is 203 Å². The summed E-state index contributed by atoms with van der Waals surface area (Å²) in [7, 11) is 0. The van der Waals surface area contributed by atoms with E-state index in [2.05, 4.69) is 13.2 Å². The lowest BCUT2D eigenvalue weighted by molar-refractivity contribution is -0.140. The maximum Gasteiger partial charge on any atom is 0.333 e. The molecule has 0 aliphatic heterocycles. The first-order valence-electron chi connectivity index (χ1n) is 11.1. The predicted octanol–water partition coefficient (Wildman–Crippen LogP) is 3.95. The van der Waals surface area contributed by atoms with Crippen molar-refractivity contribution in [3.05, 3.63) is 71.3 Å². The van der Waals surface area contributed by atoms with E-state index in [4.69, 9.17) is 18.9 Å². The largest absolute Gasteiger partial charge is 0.489 e. The molecule has 0 fully saturated rings. The van der Waals surface area contributed by atoms with Crippen LogP contribution < -0.4 is 9.47 Å². The van der Waals surface area contributed by atoms with Gasteiger partial charge in [0.05, 0.1) is 0 Å². The second-order valence-corrected chi connectivity index (χ2v) is 8.11. The third-order valence-electron chi connectivity index (χ3n) is 5.35. The second-order valence-electron chi connectivity index (χ2n) is 8.11. The fourth-order valence-corrected chi connectivity index (χ4v) is 3.66. The molecular weight excluding hydrogens is 452 g/mol. The van der Waals surface area contributed by atoms with Crippen LogP contribution in [-0.2, 0) is 36.7 Å². The van der Waals surface area contributed by atoms with Gasteiger partial charge in [-0.3, -0.25) is 0 Å². The molecular formula is C27H28O8. The van der Waals surface area contributed by atoms with E-state index in [0.29, 0.717) is 34.6 Å². The Bertz CT molecular complexity index is 1220. The number of carbonyl (C=O) groups is 3. The standard InChI is InChI=1S/C27H28O8/c1-16(2)26(30)34-13-11-32-23-19-7-5-6-8-20(19)24(33-12-14-35-27(31)17(3)4)22-15-18(25(28)29)9-10-21(22)23/h5-9H,1,3,10-15H2,2,4H3,(H,28,29). The minimum atomic E-state index is -1.00. The van der Waals surface area contributed by atoms with E-state index < -0.39 is 17.9 Å². The van der Waals surface area contributed by atoms with Crippen molar-refractivity contribution >= 4 is 28.7 Å². The van der Waals surface area contributed by atoms with Gasteiger partial charge < -0.3 is 24.1 Å². The summed E-state index contributed by atoms with van der Waals surface area (Å²) in [5.41, 5.74) is 2.35. The van der Waals surface area contributed by atoms with E-state index >= 15 is 0 Å². The van der Waals surface area contributed by atoms with Gasteiger partial charge in [-0.15, -0.1) is 0 Å². The number of aliphatic carboxylic acids is 1. The van der Waals surface area contributed by atoms with Crippen LogP contribution in [0.4, 0.5) is 0 Å². The molecule has 2 aromatic rings. The molecule has 0 bridgehead atoms. The highest BCUT2D eigenvalue weighted by atomic mass is 16.6. The highest BCUT2D eigenvalue weighted by molar-refractivity contribution is 5.98. The molecule has 0 saturated heterocycles. The number of esters is 2. The molecule has 2 aromatic carbocycles. The molecule has 0 unspecified atom stereocenters. The van der Waals surface area contributed by atoms with Crippen molar-refractivity contribution in [2.45, 2.75) is 26.7 Å². The van der Waals surface area contributed by atoms with Crippen LogP contribution in [0.2, 0.25) is 0 Å². The summed E-state index contributed by atoms with van der Waals surface area (Å²) in [6, 6.07) is 7.45. The van der Waals surface area contributed by atoms with Crippen LogP contribution in [0.1, 0.15) is 25.0 Å². The molecule has 8 nitrogen and oxygen atoms in total. The van der Waals surface area contributed by atoms with Crippen LogP contribution in [0.15, 0.2) is 60.2 Å². The average Bonchev–Trinajstić information content (AvgIpc) is 2.83. The molecule has 0 radical (unpaired) electrons. The maximum atomic E-state index is 11.7. The molecule has 0 aromatic heterocycles. The lowest BCUT2D eigenvalue weighted by Gasteiger charge is -2.25. The molecule has 1 aliphatic rings. The molecule has 0 saturated carbocycles. The smallest absolute Gasteiger partial charge is 0.333 e. The average molecular weight is 481 g/mol. The van der Waals surface area contributed by atoms with Crippen LogP contribution in [-0.4, -0.2) is 49.4 Å². The molecule has 1 N–H and O–H groups in total. The summed E-state index contributed by atoms with van der Waals surface area (Å²) >= 11 is 0. The highest BCUT2D eigenvalue weighted by Gasteiger charge is 2.26. The summed E-state index contributed by atoms with van der Waals surface area (Å²) in [5.74, 6) is -0.892. The van der Waals surface area contributed by atoms with E-state index in [1.54, 1.807) is 19.9 Å². The van der Waals surface area contributed by atoms with E-state index in [-0.39, 0.29) is 38.4 Å². The quantitative estimate of drug-likeness (QED) is 0.293. The maximum absolute atomic E-state index is 11.7. The van der Waals surface area contributed by atoms with Gasteiger partial charge in [-0.1, -0.05) is 43.5 Å². The van der Waals surface area contributed by atoms with Crippen LogP contribution >= 0.6 is 0 Å². The number of carboxylic acids is 1. The van der Waals surface area contributed by atoms with Crippen molar-refractivity contribution in [1.82, 2.24) is 0 Å². The van der Waals surface area contributed by atoms with Gasteiger partial charge in [0.1, 0.15) is 37.9 Å². The van der Waals surface area contributed by atoms with Gasteiger partial charge in [-0.05, 0) is 20.3 Å². The fourth-order valence-electron chi connectivity index (χ4n) is 3.66. The zero-order chi connectivity index (χ0) is 25.5. The molecule has 0 amide bonds. The summed E-state index contributed by atoms with van der Waals surface area (Å²) in [6.45, 7) is 10.5. The molecule has 0 heterocycles. The lowest BCUT2D eigenvalue weighted by atomic mass is 9.87. The van der Waals surface area contributed by atoms with Crippen LogP contribution in [0.25, 0.3) is 10.8 Å². The molecule has 184 valence electrons. The van der Waals surface area contributed by atoms with E-state index in [1.165, 1.54) is 0 Å². The Hall–Kier alpha value is -4.07. The Balaban J connectivity index is 1.93. The van der Waals surface area contributed by atoms with Gasteiger partial charge in [0.25, 0.3) is 0 Å². The zero-order valence-corrected chi connectivity index (χ0v) is 19.8. The lowest BCUT2D eigenvalue weighted by Crippen LogP contribution is -2.18. The summed E-state index contributed by atoms with van der Waals surface area (Å²) in [4.78, 5) is 35.0. The highest BCUT2D eigenvalue weighted by Crippen LogP contribution is 2.44. The van der Waals surface area contributed by atoms with Gasteiger partial charge >= 0.3 is 17.9 Å². The first-order valence-corrected chi connectivity index (χ1v) is 11.1. The van der Waals surface area contributed by atoms with Crippen molar-refractivity contribution in [1.29, 1.82) is 0 Å². The molecule has 8 heteroatoms. The summed E-state index contributed by atoms with van der Waals surface area (Å²) in [6.07, 6.45) is 2.15. The van der Waals surface area contributed by atoms with E-state index in [1.807, 2.05) is 24.3 Å². The number of hydrogen-bond acceptors (Lipinski definition) is 7. The monoisotopic (exact) mass is 480 g/mol. The van der Waals surface area contributed by atoms with Crippen LogP contribution in [0.3, 0.4) is 0 Å². The van der Waals surface area contributed by atoms with Crippen LogP contribution in [0, 0.1) is 0 Å². The molecule has 3 rings (SSSR count). The Morgan fingerprint density at radius 2 is 1.31 bits per heavy atom. The minimum Gasteiger partial charge on any atom is -0.489 e. The van der Waals surface area contributed by atoms with Crippen molar-refractivity contribution in [3.8, 4) is 11.5 Å². The SMILES string of the molecule is C=C(C)C(=O)OCCOc1c2c(c(OCCOC(=O)C(=C)C)c3ccccc13)CC(C(=O)O)=CC2. The van der Waals surface area contributed by atoms with Crippen LogP contribution in [0.5, 0.6) is 11.5 Å². The van der Waals surface area contributed by atoms with Gasteiger partial charge in [-0.2, -0.15) is 0 Å². The number of benzene rings is 2. The number of carbonyl (C=O) groups excluding carboxylic acids is 2. The molecule has 35 heavy (non-hydrogen) atoms. The van der Waals surface area contributed by atoms with Gasteiger partial charge in [0.15, 0.2) is 0 Å². The number of fused-ring (bicyclic) bond motifs is 2. The minimum absolute atomic E-state index is 0.0166. The predicted molar refractivity (Wildman–Crippen MR) is 130 cm³/mol. The third-order valence-corrected chi connectivity index (χ3v) is 5.35. The number of hydrogen-bond donors (Lipinski definition) is 1. The normalized spacial score (nSPS) is 12.2. The molecule has 1 aliphatic carbocycles. The summed E-state index contributed by atoms with van der Waals surface area (Å²) < 4.78 is 22.4. The second kappa shape index (κ2) is 11.4. The Morgan fingerprint density at radius 1 is 0.829 bits per heavy atom. The van der Waals surface area contributed by atoms with Gasteiger partial charge in [0.2, 0.25) is 0 Å². The number of rotatable bonds is 11. The topological polar surface area (TPSA) is 108 Å². The zero-order valence-electron chi connectivity index (χ0n) is 19.8. The molecule has 0 atom stereocenters. The first kappa shape index (κ1) is 25.6. The van der Waals surface area contributed by atoms with E-state index in [9.17, 15) is 19.5 Å². The third kappa shape index (κ3) is 6.09. The summed E-state index contributed by atoms with van der Waals surface area (Å²) in [5, 5.41) is 11.1. The van der Waals surface area contributed by atoms with Crippen molar-refractivity contribution in [2.75, 3.05) is 26.4 Å². The Morgan fingerprint density at radius 3 is 1.77 bits per heavy atom. The van der Waals surface area contributed by atoms with Crippen molar-refractivity contribution < 1.29 is 38.4 Å².